The first-order valence-corrected chi connectivity index (χ1v) is 11.2. The Morgan fingerprint density at radius 2 is 1.96 bits per heavy atom. The summed E-state index contributed by atoms with van der Waals surface area (Å²) in [5.74, 6) is -1.05. The number of hydrogen-bond donors (Lipinski definition) is 1. The highest BCUT2D eigenvalue weighted by Gasteiger charge is 2.52. The summed E-state index contributed by atoms with van der Waals surface area (Å²) in [7, 11) is -1.65. The minimum absolute atomic E-state index is 0.0356. The largest absolute Gasteiger partial charge is 0.340 e. The van der Waals surface area contributed by atoms with Crippen LogP contribution < -0.4 is 5.32 Å². The topological polar surface area (TPSA) is 104 Å². The van der Waals surface area contributed by atoms with E-state index < -0.39 is 45.8 Å². The molecule has 2 heterocycles. The number of amides is 4. The quantitative estimate of drug-likeness (QED) is 0.709. The molecule has 1 aromatic carbocycles. The number of nitrogens with one attached hydrogen (secondary N) is 1. The summed E-state index contributed by atoms with van der Waals surface area (Å²) in [4.78, 5) is 40.4. The first kappa shape index (κ1) is 20.6. The molecule has 2 saturated heterocycles. The first-order chi connectivity index (χ1) is 13.1. The van der Waals surface area contributed by atoms with Crippen molar-refractivity contribution < 1.29 is 22.8 Å². The van der Waals surface area contributed by atoms with Gasteiger partial charge in [-0.1, -0.05) is 30.7 Å². The van der Waals surface area contributed by atoms with E-state index in [9.17, 15) is 22.8 Å². The summed E-state index contributed by atoms with van der Waals surface area (Å²) in [6.45, 7) is 1.33. The minimum atomic E-state index is -3.15. The van der Waals surface area contributed by atoms with Crippen molar-refractivity contribution in [1.82, 2.24) is 15.1 Å². The van der Waals surface area contributed by atoms with Gasteiger partial charge >= 0.3 is 6.03 Å². The van der Waals surface area contributed by atoms with Crippen molar-refractivity contribution in [3.63, 3.8) is 0 Å². The van der Waals surface area contributed by atoms with Crippen LogP contribution in [0.1, 0.15) is 25.3 Å². The number of halogens is 1. The third-order valence-corrected chi connectivity index (χ3v) is 7.49. The van der Waals surface area contributed by atoms with Crippen molar-refractivity contribution >= 4 is 39.3 Å². The normalized spacial score (nSPS) is 26.4. The highest BCUT2D eigenvalue weighted by atomic mass is 35.5. The molecule has 3 rings (SSSR count). The molecule has 0 bridgehead atoms. The highest BCUT2D eigenvalue weighted by molar-refractivity contribution is 7.91. The molecule has 0 aliphatic carbocycles. The monoisotopic (exact) mass is 427 g/mol. The van der Waals surface area contributed by atoms with Gasteiger partial charge in [0.1, 0.15) is 12.1 Å². The van der Waals surface area contributed by atoms with Crippen LogP contribution in [0.3, 0.4) is 0 Å². The molecule has 1 N–H and O–H groups in total. The lowest BCUT2D eigenvalue weighted by molar-refractivity contribution is -0.139. The summed E-state index contributed by atoms with van der Waals surface area (Å²) in [6, 6.07) is 5.52. The van der Waals surface area contributed by atoms with E-state index in [1.165, 1.54) is 11.9 Å². The highest BCUT2D eigenvalue weighted by Crippen LogP contribution is 2.33. The van der Waals surface area contributed by atoms with Crippen LogP contribution in [0.15, 0.2) is 24.3 Å². The Hall–Kier alpha value is -2.13. The zero-order chi connectivity index (χ0) is 20.7. The average molecular weight is 428 g/mol. The first-order valence-electron chi connectivity index (χ1n) is 8.96. The Kier molecular flexibility index (Phi) is 5.42. The van der Waals surface area contributed by atoms with E-state index in [2.05, 4.69) is 5.32 Å². The summed E-state index contributed by atoms with van der Waals surface area (Å²) in [6.07, 6.45) is 0.662. The lowest BCUT2D eigenvalue weighted by Gasteiger charge is -2.27. The predicted octanol–water partition coefficient (Wildman–Crippen LogP) is 1.14. The van der Waals surface area contributed by atoms with Crippen LogP contribution in [0.5, 0.6) is 0 Å². The number of urea groups is 1. The van der Waals surface area contributed by atoms with Gasteiger partial charge in [-0.15, -0.1) is 0 Å². The van der Waals surface area contributed by atoms with E-state index in [-0.39, 0.29) is 11.5 Å². The maximum atomic E-state index is 13.1. The Morgan fingerprint density at radius 1 is 1.32 bits per heavy atom. The van der Waals surface area contributed by atoms with Crippen LogP contribution in [0.4, 0.5) is 4.79 Å². The average Bonchev–Trinajstić information content (AvgIpc) is 3.13. The zero-order valence-electron chi connectivity index (χ0n) is 15.6. The summed E-state index contributed by atoms with van der Waals surface area (Å²) in [5.41, 5.74) is -0.667. The number of nitrogens with zero attached hydrogens (tertiary/aromatic N) is 2. The molecule has 2 aliphatic rings. The molecule has 1 aromatic rings. The molecule has 4 amide bonds. The molecule has 152 valence electrons. The summed E-state index contributed by atoms with van der Waals surface area (Å²) < 4.78 is 23.3. The van der Waals surface area contributed by atoms with E-state index >= 15 is 0 Å². The number of likely N-dealkylation sites (N-methyl/N-ethyl adjacent to an activating group) is 1. The maximum absolute atomic E-state index is 13.1. The van der Waals surface area contributed by atoms with Crippen LogP contribution >= 0.6 is 11.6 Å². The second-order valence-corrected chi connectivity index (χ2v) is 9.81. The van der Waals surface area contributed by atoms with Crippen molar-refractivity contribution in [2.45, 2.75) is 31.3 Å². The standard InChI is InChI=1S/C18H22ClN3O5S/c1-3-18(12-4-6-13(19)7-5-12)16(24)22(17(25)20-18)10-15(23)21(2)14-8-9-28(26,27)11-14/h4-7,14H,3,8-11H2,1-2H3,(H,20,25). The van der Waals surface area contributed by atoms with Gasteiger partial charge in [0.15, 0.2) is 9.84 Å². The van der Waals surface area contributed by atoms with E-state index in [0.29, 0.717) is 23.4 Å². The minimum Gasteiger partial charge on any atom is -0.340 e. The molecule has 0 aromatic heterocycles. The maximum Gasteiger partial charge on any atom is 0.325 e. The van der Waals surface area contributed by atoms with Gasteiger partial charge in [-0.2, -0.15) is 0 Å². The second kappa shape index (κ2) is 7.36. The molecule has 10 heteroatoms. The number of imide groups is 1. The van der Waals surface area contributed by atoms with Crippen molar-refractivity contribution in [3.8, 4) is 0 Å². The second-order valence-electron chi connectivity index (χ2n) is 7.15. The molecule has 2 unspecified atom stereocenters. The van der Waals surface area contributed by atoms with Gasteiger partial charge in [-0.05, 0) is 30.5 Å². The molecule has 0 saturated carbocycles. The van der Waals surface area contributed by atoms with Gasteiger partial charge in [0.2, 0.25) is 5.91 Å². The summed E-state index contributed by atoms with van der Waals surface area (Å²) >= 11 is 5.91. The fraction of sp³-hybridized carbons (Fsp3) is 0.500. The molecule has 2 atom stereocenters. The Balaban J connectivity index is 1.78. The number of hydrogen-bond acceptors (Lipinski definition) is 5. The van der Waals surface area contributed by atoms with Gasteiger partial charge in [0.25, 0.3) is 5.91 Å². The number of sulfone groups is 1. The summed E-state index contributed by atoms with van der Waals surface area (Å²) in [5, 5.41) is 3.21. The van der Waals surface area contributed by atoms with Crippen LogP contribution in [-0.4, -0.2) is 67.2 Å². The van der Waals surface area contributed by atoms with Crippen molar-refractivity contribution in [2.24, 2.45) is 0 Å². The molecule has 8 nitrogen and oxygen atoms in total. The van der Waals surface area contributed by atoms with E-state index in [4.69, 9.17) is 11.6 Å². The Labute approximate surface area is 168 Å². The van der Waals surface area contributed by atoms with Crippen LogP contribution in [0.25, 0.3) is 0 Å². The fourth-order valence-corrected chi connectivity index (χ4v) is 5.58. The van der Waals surface area contributed by atoms with Gasteiger partial charge < -0.3 is 10.2 Å². The van der Waals surface area contributed by atoms with E-state index in [1.807, 2.05) is 0 Å². The van der Waals surface area contributed by atoms with Crippen molar-refractivity contribution in [2.75, 3.05) is 25.1 Å². The van der Waals surface area contributed by atoms with E-state index in [1.54, 1.807) is 31.2 Å². The lowest BCUT2D eigenvalue weighted by atomic mass is 9.87. The molecule has 0 spiro atoms. The smallest absolute Gasteiger partial charge is 0.325 e. The Morgan fingerprint density at radius 3 is 2.50 bits per heavy atom. The SMILES string of the molecule is CCC1(c2ccc(Cl)cc2)NC(=O)N(CC(=O)N(C)C2CCS(=O)(=O)C2)C1=O. The van der Waals surface area contributed by atoms with Gasteiger partial charge in [-0.3, -0.25) is 14.5 Å². The van der Waals surface area contributed by atoms with Crippen LogP contribution in [-0.2, 0) is 25.0 Å². The number of carbonyl (C=O) groups excluding carboxylic acids is 3. The number of benzene rings is 1. The number of carbonyl (C=O) groups is 3. The van der Waals surface area contributed by atoms with Crippen LogP contribution in [0, 0.1) is 0 Å². The van der Waals surface area contributed by atoms with Crippen molar-refractivity contribution in [3.05, 3.63) is 34.9 Å². The van der Waals surface area contributed by atoms with Gasteiger partial charge in [0.05, 0.1) is 11.5 Å². The predicted molar refractivity (Wildman–Crippen MR) is 103 cm³/mol. The molecule has 2 aliphatic heterocycles. The lowest BCUT2D eigenvalue weighted by Crippen LogP contribution is -2.47. The molecular weight excluding hydrogens is 406 g/mol. The third-order valence-electron chi connectivity index (χ3n) is 5.49. The van der Waals surface area contributed by atoms with Crippen LogP contribution in [0.2, 0.25) is 5.02 Å². The van der Waals surface area contributed by atoms with Gasteiger partial charge in [0, 0.05) is 18.1 Å². The van der Waals surface area contributed by atoms with E-state index in [0.717, 1.165) is 4.90 Å². The molecule has 2 fully saturated rings. The van der Waals surface area contributed by atoms with Crippen molar-refractivity contribution in [1.29, 1.82) is 0 Å². The molecule has 0 radical (unpaired) electrons. The Bertz CT molecular complexity index is 918. The third kappa shape index (κ3) is 3.60. The number of rotatable bonds is 5. The van der Waals surface area contributed by atoms with Gasteiger partial charge in [-0.25, -0.2) is 13.2 Å². The molecular formula is C18H22ClN3O5S. The zero-order valence-corrected chi connectivity index (χ0v) is 17.2. The molecule has 28 heavy (non-hydrogen) atoms. The fourth-order valence-electron chi connectivity index (χ4n) is 3.67.